The second-order valence-electron chi connectivity index (χ2n) is 9.51. The molecule has 32 heavy (non-hydrogen) atoms. The molecule has 0 amide bonds. The summed E-state index contributed by atoms with van der Waals surface area (Å²) in [4.78, 5) is 10.4. The van der Waals surface area contributed by atoms with Gasteiger partial charge in [-0.3, -0.25) is 0 Å². The highest BCUT2D eigenvalue weighted by atomic mass is 16.1. The van der Waals surface area contributed by atoms with E-state index in [2.05, 4.69) is 55.5 Å². The molecule has 0 aliphatic rings. The van der Waals surface area contributed by atoms with E-state index in [1.165, 1.54) is 103 Å². The molecule has 0 radical (unpaired) electrons. The molecule has 0 heterocycles. The number of aldehydes is 1. The number of aryl methyl sites for hydroxylation is 2. The summed E-state index contributed by atoms with van der Waals surface area (Å²) < 4.78 is 0. The van der Waals surface area contributed by atoms with E-state index in [9.17, 15) is 4.79 Å². The maximum Gasteiger partial charge on any atom is 0.119 e. The number of rotatable bonds is 14. The normalized spacial score (nSPS) is 11.8. The zero-order valence-electron chi connectivity index (χ0n) is 19.8. The fourth-order valence-corrected chi connectivity index (χ4v) is 5.43. The molecule has 0 fully saturated rings. The minimum atomic E-state index is 0.732. The number of carbonyl (C=O) groups is 1. The van der Waals surface area contributed by atoms with Crippen molar-refractivity contribution in [2.75, 3.05) is 0 Å². The summed E-state index contributed by atoms with van der Waals surface area (Å²) in [6, 6.07) is 18.6. The van der Waals surface area contributed by atoms with Gasteiger partial charge in [-0.25, -0.2) is 0 Å². The molecular weight excluding hydrogens is 388 g/mol. The van der Waals surface area contributed by atoms with Crippen LogP contribution in [0.1, 0.15) is 88.7 Å². The smallest absolute Gasteiger partial charge is 0.119 e. The minimum Gasteiger partial charge on any atom is -0.303 e. The number of unbranched alkanes of at least 4 members (excludes halogenated alkanes) is 9. The molecule has 0 N–H and O–H groups in total. The third-order valence-electron chi connectivity index (χ3n) is 7.15. The summed E-state index contributed by atoms with van der Waals surface area (Å²) in [5.41, 5.74) is 3.19. The van der Waals surface area contributed by atoms with Crippen molar-refractivity contribution in [2.24, 2.45) is 0 Å². The van der Waals surface area contributed by atoms with Crippen LogP contribution < -0.4 is 0 Å². The second kappa shape index (κ2) is 11.5. The van der Waals surface area contributed by atoms with Gasteiger partial charge < -0.3 is 4.79 Å². The van der Waals surface area contributed by atoms with Crippen LogP contribution in [0.5, 0.6) is 0 Å². The van der Waals surface area contributed by atoms with Crippen molar-refractivity contribution in [3.63, 3.8) is 0 Å². The van der Waals surface area contributed by atoms with Gasteiger partial charge in [0, 0.05) is 6.42 Å². The Balaban J connectivity index is 1.54. The van der Waals surface area contributed by atoms with Crippen LogP contribution in [-0.4, -0.2) is 6.29 Å². The molecule has 1 heteroatoms. The average Bonchev–Trinajstić information content (AvgIpc) is 2.82. The predicted molar refractivity (Wildman–Crippen MR) is 140 cm³/mol. The molecule has 1 nitrogen and oxygen atoms in total. The maximum atomic E-state index is 10.4. The topological polar surface area (TPSA) is 17.1 Å². The Bertz CT molecular complexity index is 1120. The van der Waals surface area contributed by atoms with Crippen molar-refractivity contribution >= 4 is 38.6 Å². The van der Waals surface area contributed by atoms with Crippen molar-refractivity contribution in [2.45, 2.75) is 90.4 Å². The van der Waals surface area contributed by atoms with Crippen molar-refractivity contribution in [1.82, 2.24) is 0 Å². The molecule has 168 valence electrons. The van der Waals surface area contributed by atoms with Crippen LogP contribution in [0.2, 0.25) is 0 Å². The lowest BCUT2D eigenvalue weighted by Crippen LogP contribution is -1.99. The molecule has 4 rings (SSSR count). The first-order chi connectivity index (χ1) is 15.8. The molecule has 0 aliphatic carbocycles. The summed E-state index contributed by atoms with van der Waals surface area (Å²) >= 11 is 0. The highest BCUT2D eigenvalue weighted by Gasteiger charge is 2.14. The van der Waals surface area contributed by atoms with Gasteiger partial charge in [0.25, 0.3) is 0 Å². The summed E-state index contributed by atoms with van der Waals surface area (Å²) in [6.07, 6.45) is 16.8. The van der Waals surface area contributed by atoms with Gasteiger partial charge in [0.1, 0.15) is 6.29 Å². The van der Waals surface area contributed by atoms with Crippen LogP contribution in [0.15, 0.2) is 48.5 Å². The maximum absolute atomic E-state index is 10.4. The summed E-state index contributed by atoms with van der Waals surface area (Å²) in [5.74, 6) is 0. The van der Waals surface area contributed by atoms with E-state index in [4.69, 9.17) is 0 Å². The average molecular weight is 427 g/mol. The number of hydrogen-bond acceptors (Lipinski definition) is 1. The van der Waals surface area contributed by atoms with Crippen LogP contribution in [0.4, 0.5) is 0 Å². The highest BCUT2D eigenvalue weighted by molar-refractivity contribution is 6.23. The Morgan fingerprint density at radius 2 is 1.31 bits per heavy atom. The summed E-state index contributed by atoms with van der Waals surface area (Å²) in [7, 11) is 0. The van der Waals surface area contributed by atoms with Gasteiger partial charge in [-0.15, -0.1) is 0 Å². The molecule has 0 bridgehead atoms. The highest BCUT2D eigenvalue weighted by Crippen LogP contribution is 2.38. The quantitative estimate of drug-likeness (QED) is 0.112. The third kappa shape index (κ3) is 5.14. The molecule has 0 spiro atoms. The van der Waals surface area contributed by atoms with Gasteiger partial charge in [-0.1, -0.05) is 100 Å². The van der Waals surface area contributed by atoms with Crippen molar-refractivity contribution in [3.05, 3.63) is 59.7 Å². The van der Waals surface area contributed by atoms with E-state index in [1.807, 2.05) is 0 Å². The molecule has 4 aromatic carbocycles. The first-order valence-electron chi connectivity index (χ1n) is 13.0. The fourth-order valence-electron chi connectivity index (χ4n) is 5.43. The van der Waals surface area contributed by atoms with Crippen molar-refractivity contribution in [3.8, 4) is 0 Å². The Hall–Kier alpha value is -2.41. The van der Waals surface area contributed by atoms with Crippen LogP contribution >= 0.6 is 0 Å². The van der Waals surface area contributed by atoms with E-state index in [1.54, 1.807) is 11.1 Å². The SMILES string of the molecule is CCCCCc1cc2ccc3cccc4ccc(c1CCCCCCCCCC=O)c2c34. The monoisotopic (exact) mass is 426 g/mol. The fraction of sp³-hybridized carbons (Fsp3) is 0.452. The lowest BCUT2D eigenvalue weighted by molar-refractivity contribution is -0.107. The van der Waals surface area contributed by atoms with Gasteiger partial charge in [-0.2, -0.15) is 0 Å². The molecule has 0 saturated carbocycles. The number of hydrogen-bond donors (Lipinski definition) is 0. The molecule has 0 atom stereocenters. The minimum absolute atomic E-state index is 0.732. The van der Waals surface area contributed by atoms with Crippen LogP contribution in [0, 0.1) is 0 Å². The predicted octanol–water partition coefficient (Wildman–Crippen LogP) is 9.18. The van der Waals surface area contributed by atoms with Crippen molar-refractivity contribution in [1.29, 1.82) is 0 Å². The lowest BCUT2D eigenvalue weighted by atomic mass is 9.86. The zero-order valence-corrected chi connectivity index (χ0v) is 19.8. The Morgan fingerprint density at radius 1 is 0.656 bits per heavy atom. The van der Waals surface area contributed by atoms with Crippen LogP contribution in [0.3, 0.4) is 0 Å². The number of carbonyl (C=O) groups excluding carboxylic acids is 1. The molecule has 0 unspecified atom stereocenters. The molecule has 4 aromatic rings. The van der Waals surface area contributed by atoms with E-state index >= 15 is 0 Å². The first-order valence-corrected chi connectivity index (χ1v) is 13.0. The van der Waals surface area contributed by atoms with E-state index in [0.29, 0.717) is 0 Å². The molecule has 0 aliphatic heterocycles. The molecule has 0 saturated heterocycles. The second-order valence-corrected chi connectivity index (χ2v) is 9.51. The summed E-state index contributed by atoms with van der Waals surface area (Å²) in [5, 5.41) is 8.55. The standard InChI is InChI=1S/C31H38O/c1-2-3-10-14-26-23-27-19-18-24-15-13-16-25-20-21-29(31(27)30(24)25)28(26)17-11-8-6-4-5-7-9-12-22-32/h13,15-16,18-23H,2-12,14,17H2,1H3. The number of benzene rings is 4. The first kappa shape index (κ1) is 22.8. The lowest BCUT2D eigenvalue weighted by Gasteiger charge is -2.18. The Morgan fingerprint density at radius 3 is 2.06 bits per heavy atom. The Kier molecular flexibility index (Phi) is 8.15. The van der Waals surface area contributed by atoms with E-state index in [-0.39, 0.29) is 0 Å². The largest absolute Gasteiger partial charge is 0.303 e. The van der Waals surface area contributed by atoms with E-state index < -0.39 is 0 Å². The Labute approximate surface area is 193 Å². The summed E-state index contributed by atoms with van der Waals surface area (Å²) in [6.45, 7) is 2.29. The zero-order chi connectivity index (χ0) is 22.2. The molecule has 0 aromatic heterocycles. The van der Waals surface area contributed by atoms with Crippen molar-refractivity contribution < 1.29 is 4.79 Å². The van der Waals surface area contributed by atoms with Crippen LogP contribution in [0.25, 0.3) is 32.3 Å². The van der Waals surface area contributed by atoms with Gasteiger partial charge in [0.2, 0.25) is 0 Å². The van der Waals surface area contributed by atoms with E-state index in [0.717, 1.165) is 19.1 Å². The van der Waals surface area contributed by atoms with Gasteiger partial charge in [0.15, 0.2) is 0 Å². The van der Waals surface area contributed by atoms with Gasteiger partial charge >= 0.3 is 0 Å². The van der Waals surface area contributed by atoms with Gasteiger partial charge in [-0.05, 0) is 75.5 Å². The van der Waals surface area contributed by atoms with Gasteiger partial charge in [0.05, 0.1) is 0 Å². The molecular formula is C31H38O. The third-order valence-corrected chi connectivity index (χ3v) is 7.15. The van der Waals surface area contributed by atoms with Crippen LogP contribution in [-0.2, 0) is 17.6 Å².